The molecule has 17 heteroatoms. The number of aliphatic hydroxyl groups is 1. The van der Waals surface area contributed by atoms with Crippen molar-refractivity contribution in [1.29, 1.82) is 0 Å². The molecule has 2 atom stereocenters. The van der Waals surface area contributed by atoms with Crippen LogP contribution in [0, 0.1) is 9.39 Å². The highest BCUT2D eigenvalue weighted by Gasteiger charge is 2.61. The molecule has 9 nitrogen and oxygen atoms in total. The van der Waals surface area contributed by atoms with Crippen molar-refractivity contribution in [2.45, 2.75) is 63.3 Å². The van der Waals surface area contributed by atoms with Crippen LogP contribution in [0.3, 0.4) is 0 Å². The van der Waals surface area contributed by atoms with Crippen molar-refractivity contribution < 1.29 is 54.5 Å². The molecule has 1 aromatic carbocycles. The Morgan fingerprint density at radius 2 is 1.80 bits per heavy atom. The zero-order valence-corrected chi connectivity index (χ0v) is 25.7. The lowest BCUT2D eigenvalue weighted by atomic mass is 9.92. The number of alkyl halides is 6. The smallest absolute Gasteiger partial charge is 0.430 e. The van der Waals surface area contributed by atoms with E-state index >= 15 is 0 Å². The topological polar surface area (TPSA) is 120 Å². The van der Waals surface area contributed by atoms with Gasteiger partial charge in [-0.05, 0) is 80.5 Å². The largest absolute Gasteiger partial charge is 0.444 e. The molecule has 1 amide bonds. The van der Waals surface area contributed by atoms with Crippen molar-refractivity contribution in [3.63, 3.8) is 0 Å². The number of benzene rings is 1. The first-order chi connectivity index (χ1) is 20.2. The zero-order chi connectivity index (χ0) is 33.3. The summed E-state index contributed by atoms with van der Waals surface area (Å²) in [6, 6.07) is 3.00. The minimum absolute atomic E-state index is 0.0385. The summed E-state index contributed by atoms with van der Waals surface area (Å²) < 4.78 is 116. The summed E-state index contributed by atoms with van der Waals surface area (Å²) in [7, 11) is 1.12. The Hall–Kier alpha value is -3.32. The number of carbonyl (C=O) groups is 1. The first-order valence-corrected chi connectivity index (χ1v) is 13.7. The molecular weight excluding hydrogens is 720 g/mol. The van der Waals surface area contributed by atoms with E-state index in [1.165, 1.54) is 26.8 Å². The van der Waals surface area contributed by atoms with Gasteiger partial charge in [0.25, 0.3) is 17.4 Å². The van der Waals surface area contributed by atoms with Gasteiger partial charge in [-0.2, -0.15) is 26.3 Å². The van der Waals surface area contributed by atoms with Crippen LogP contribution >= 0.6 is 22.6 Å². The molecule has 2 N–H and O–H groups in total. The number of methoxy groups -OCH3 is 1. The summed E-state index contributed by atoms with van der Waals surface area (Å²) in [5.41, 5.74) is -10.1. The van der Waals surface area contributed by atoms with E-state index in [4.69, 9.17) is 13.9 Å². The number of anilines is 1. The summed E-state index contributed by atoms with van der Waals surface area (Å²) in [6.45, 7) is 7.95. The van der Waals surface area contributed by atoms with Crippen LogP contribution in [0.4, 0.5) is 41.2 Å². The molecule has 2 aromatic heterocycles. The summed E-state index contributed by atoms with van der Waals surface area (Å²) in [6.07, 6.45) is -11.7. The molecule has 240 valence electrons. The lowest BCUT2D eigenvalue weighted by Gasteiger charge is -2.27. The predicted octanol–water partition coefficient (Wildman–Crippen LogP) is 7.69. The molecular formula is C27H26F7IN4O5. The quantitative estimate of drug-likeness (QED) is 0.130. The van der Waals surface area contributed by atoms with E-state index in [1.807, 2.05) is 0 Å². The Morgan fingerprint density at radius 3 is 2.34 bits per heavy atom. The number of pyridine rings is 1. The third kappa shape index (κ3) is 7.66. The van der Waals surface area contributed by atoms with E-state index < -0.39 is 81.6 Å². The van der Waals surface area contributed by atoms with E-state index in [9.17, 15) is 40.6 Å². The molecule has 3 aromatic rings. The summed E-state index contributed by atoms with van der Waals surface area (Å²) in [5.74, 6) is -3.98. The molecule has 2 unspecified atom stereocenters. The van der Waals surface area contributed by atoms with Crippen molar-refractivity contribution in [3.8, 4) is 11.6 Å². The standard InChI is InChI=1S/C27H26F7IN4O5/c1-6-7-8-18(42-5)19-15(26(29,30)31)12-17(36-23(40)44-24(2,3)4)20(37-19)21-38-39-22(43-21)25(41,27(32,33)34)14-11-13(35)9-10-16(14)28/h6,9-12,18,41H,1,7-8H2,2-5H3,(H,36,40). The maximum atomic E-state index is 14.6. The number of rotatable bonds is 9. The van der Waals surface area contributed by atoms with Crippen molar-refractivity contribution in [3.05, 3.63) is 69.0 Å². The van der Waals surface area contributed by atoms with Gasteiger partial charge >= 0.3 is 18.4 Å². The Morgan fingerprint density at radius 1 is 1.14 bits per heavy atom. The van der Waals surface area contributed by atoms with Crippen LogP contribution in [-0.2, 0) is 21.3 Å². The maximum Gasteiger partial charge on any atom is 0.430 e. The molecule has 0 fully saturated rings. The summed E-state index contributed by atoms with van der Waals surface area (Å²) >= 11 is 1.60. The van der Waals surface area contributed by atoms with E-state index in [0.29, 0.717) is 18.2 Å². The zero-order valence-electron chi connectivity index (χ0n) is 23.5. The van der Waals surface area contributed by atoms with Crippen LogP contribution in [0.25, 0.3) is 11.6 Å². The molecule has 0 saturated carbocycles. The molecule has 0 spiro atoms. The highest BCUT2D eigenvalue weighted by atomic mass is 127. The minimum atomic E-state index is -5.62. The molecule has 0 bridgehead atoms. The number of aromatic nitrogens is 3. The molecule has 44 heavy (non-hydrogen) atoms. The lowest BCUT2D eigenvalue weighted by molar-refractivity contribution is -0.256. The van der Waals surface area contributed by atoms with Gasteiger partial charge < -0.3 is 19.0 Å². The van der Waals surface area contributed by atoms with Crippen molar-refractivity contribution >= 4 is 34.4 Å². The second-order valence-corrected chi connectivity index (χ2v) is 11.5. The van der Waals surface area contributed by atoms with Gasteiger partial charge in [-0.3, -0.25) is 5.32 Å². The van der Waals surface area contributed by atoms with Gasteiger partial charge in [0.05, 0.1) is 23.0 Å². The van der Waals surface area contributed by atoms with Gasteiger partial charge in [0.1, 0.15) is 11.4 Å². The fourth-order valence-electron chi connectivity index (χ4n) is 3.94. The van der Waals surface area contributed by atoms with Gasteiger partial charge in [0.2, 0.25) is 0 Å². The van der Waals surface area contributed by atoms with Gasteiger partial charge in [-0.25, -0.2) is 14.2 Å². The average molecular weight is 746 g/mol. The fourth-order valence-corrected chi connectivity index (χ4v) is 4.43. The normalized spacial score (nSPS) is 14.6. The number of amides is 1. The van der Waals surface area contributed by atoms with Crippen LogP contribution in [-0.4, -0.2) is 45.3 Å². The summed E-state index contributed by atoms with van der Waals surface area (Å²) in [5, 5.41) is 19.7. The fraction of sp³-hybridized carbons (Fsp3) is 0.407. The van der Waals surface area contributed by atoms with Crippen molar-refractivity contribution in [1.82, 2.24) is 15.2 Å². The molecule has 0 radical (unpaired) electrons. The number of allylic oxidation sites excluding steroid dienone is 1. The third-order valence-electron chi connectivity index (χ3n) is 5.88. The average Bonchev–Trinajstić information content (AvgIpc) is 3.38. The number of carbonyl (C=O) groups excluding carboxylic acids is 1. The van der Waals surface area contributed by atoms with Crippen LogP contribution in [0.15, 0.2) is 41.3 Å². The van der Waals surface area contributed by atoms with Gasteiger partial charge in [0.15, 0.2) is 5.69 Å². The number of halogens is 8. The molecule has 3 rings (SSSR count). The van der Waals surface area contributed by atoms with E-state index in [0.717, 1.165) is 13.2 Å². The molecule has 2 heterocycles. The van der Waals surface area contributed by atoms with Crippen LogP contribution in [0.1, 0.15) is 62.4 Å². The predicted molar refractivity (Wildman–Crippen MR) is 150 cm³/mol. The van der Waals surface area contributed by atoms with Crippen LogP contribution in [0.5, 0.6) is 0 Å². The molecule has 0 aliphatic heterocycles. The SMILES string of the molecule is C=CCCC(OC)c1nc(-c2nnc(C(O)(c3cc(I)ccc3F)C(F)(F)F)o2)c(NC(=O)OC(C)(C)C)cc1C(F)(F)F. The number of nitrogens with one attached hydrogen (secondary N) is 1. The second-order valence-electron chi connectivity index (χ2n) is 10.3. The van der Waals surface area contributed by atoms with E-state index in [1.54, 1.807) is 22.6 Å². The third-order valence-corrected chi connectivity index (χ3v) is 6.55. The number of hydrogen-bond acceptors (Lipinski definition) is 8. The molecule has 0 saturated heterocycles. The van der Waals surface area contributed by atoms with E-state index in [-0.39, 0.29) is 16.4 Å². The first kappa shape index (κ1) is 35.2. The van der Waals surface area contributed by atoms with Crippen LogP contribution in [0.2, 0.25) is 0 Å². The van der Waals surface area contributed by atoms with Gasteiger partial charge in [-0.1, -0.05) is 6.08 Å². The first-order valence-electron chi connectivity index (χ1n) is 12.6. The van der Waals surface area contributed by atoms with Crippen LogP contribution < -0.4 is 5.32 Å². The number of nitrogens with zero attached hydrogens (tertiary/aromatic N) is 3. The van der Waals surface area contributed by atoms with E-state index in [2.05, 4.69) is 27.1 Å². The second kappa shape index (κ2) is 13.0. The molecule has 0 aliphatic rings. The Balaban J connectivity index is 2.32. The Bertz CT molecular complexity index is 1520. The van der Waals surface area contributed by atoms with Crippen molar-refractivity contribution in [2.24, 2.45) is 0 Å². The van der Waals surface area contributed by atoms with Crippen molar-refractivity contribution in [2.75, 3.05) is 12.4 Å². The van der Waals surface area contributed by atoms with Gasteiger partial charge in [-0.15, -0.1) is 16.8 Å². The Kier molecular flexibility index (Phi) is 10.4. The Labute approximate surface area is 260 Å². The number of ether oxygens (including phenoxy) is 2. The highest BCUT2D eigenvalue weighted by Crippen LogP contribution is 2.46. The monoisotopic (exact) mass is 746 g/mol. The van der Waals surface area contributed by atoms with Gasteiger partial charge in [0, 0.05) is 16.2 Å². The molecule has 0 aliphatic carbocycles. The maximum absolute atomic E-state index is 14.6. The highest BCUT2D eigenvalue weighted by molar-refractivity contribution is 14.1. The lowest BCUT2D eigenvalue weighted by Crippen LogP contribution is -2.44. The number of hydrogen-bond donors (Lipinski definition) is 2. The summed E-state index contributed by atoms with van der Waals surface area (Å²) in [4.78, 5) is 16.5. The minimum Gasteiger partial charge on any atom is -0.444 e.